The third-order valence-electron chi connectivity index (χ3n) is 3.36. The van der Waals surface area contributed by atoms with E-state index in [4.69, 9.17) is 0 Å². The van der Waals surface area contributed by atoms with Crippen molar-refractivity contribution >= 4 is 50.4 Å². The summed E-state index contributed by atoms with van der Waals surface area (Å²) in [5.74, 6) is -0.399. The molecule has 9 heteroatoms. The van der Waals surface area contributed by atoms with Crippen molar-refractivity contribution in [3.63, 3.8) is 0 Å². The minimum absolute atomic E-state index is 0.178. The minimum atomic E-state index is -3.58. The molecule has 0 atom stereocenters. The Bertz CT molecular complexity index is 1000. The molecule has 3 aromatic rings. The van der Waals surface area contributed by atoms with Gasteiger partial charge in [0.2, 0.25) is 5.91 Å². The monoisotopic (exact) mass is 422 g/mol. The molecule has 0 bridgehead atoms. The molecule has 27 heavy (non-hydrogen) atoms. The number of carbonyl (C=O) groups is 1. The number of hydrogen-bond donors (Lipinski definition) is 2. The van der Waals surface area contributed by atoms with Crippen LogP contribution in [0.4, 0.5) is 15.8 Å². The van der Waals surface area contributed by atoms with Gasteiger partial charge in [-0.2, -0.15) is 0 Å². The summed E-state index contributed by atoms with van der Waals surface area (Å²) in [6.45, 7) is 0. The van der Waals surface area contributed by atoms with Gasteiger partial charge in [0.05, 0.1) is 5.75 Å². The smallest absolute Gasteiger partial charge is 0.271 e. The molecule has 0 unspecified atom stereocenters. The van der Waals surface area contributed by atoms with Crippen molar-refractivity contribution < 1.29 is 17.6 Å². The van der Waals surface area contributed by atoms with Crippen molar-refractivity contribution in [3.8, 4) is 0 Å². The Hall–Kier alpha value is -2.36. The number of sulfonamides is 1. The molecular weight excluding hydrogens is 407 g/mol. The molecule has 140 valence electrons. The topological polar surface area (TPSA) is 75.3 Å². The molecule has 0 fully saturated rings. The first-order valence-corrected chi connectivity index (χ1v) is 11.1. The molecule has 1 aromatic heterocycles. The van der Waals surface area contributed by atoms with Crippen molar-refractivity contribution in [1.29, 1.82) is 0 Å². The fourth-order valence-corrected chi connectivity index (χ4v) is 4.87. The molecule has 0 aliphatic heterocycles. The lowest BCUT2D eigenvalue weighted by Crippen LogP contribution is -2.14. The maximum absolute atomic E-state index is 12.8. The maximum Gasteiger partial charge on any atom is 0.271 e. The Labute approximate surface area is 164 Å². The number of hydrogen-bond acceptors (Lipinski definition) is 5. The fourth-order valence-electron chi connectivity index (χ4n) is 2.12. The van der Waals surface area contributed by atoms with Crippen LogP contribution in [0.15, 0.2) is 75.1 Å². The summed E-state index contributed by atoms with van der Waals surface area (Å²) < 4.78 is 40.0. The number of benzene rings is 2. The summed E-state index contributed by atoms with van der Waals surface area (Å²) in [5.41, 5.74) is 0.976. The molecule has 0 saturated carbocycles. The Kier molecular flexibility index (Phi) is 6.15. The molecule has 0 aliphatic rings. The van der Waals surface area contributed by atoms with Crippen LogP contribution in [-0.4, -0.2) is 20.1 Å². The first kappa shape index (κ1) is 19.4. The summed E-state index contributed by atoms with van der Waals surface area (Å²) in [5, 5.41) is 4.38. The predicted octanol–water partition coefficient (Wildman–Crippen LogP) is 4.42. The fraction of sp³-hybridized carbons (Fsp3) is 0.0556. The molecular formula is C18H15FN2O3S3. The molecule has 0 spiro atoms. The van der Waals surface area contributed by atoms with Gasteiger partial charge >= 0.3 is 0 Å². The molecule has 5 nitrogen and oxygen atoms in total. The van der Waals surface area contributed by atoms with Crippen LogP contribution in [0.3, 0.4) is 0 Å². The van der Waals surface area contributed by atoms with E-state index in [9.17, 15) is 17.6 Å². The van der Waals surface area contributed by atoms with Gasteiger partial charge in [0.25, 0.3) is 10.0 Å². The first-order valence-electron chi connectivity index (χ1n) is 7.77. The zero-order chi connectivity index (χ0) is 19.3. The average molecular weight is 423 g/mol. The van der Waals surface area contributed by atoms with Gasteiger partial charge in [-0.3, -0.25) is 9.52 Å². The Balaban J connectivity index is 1.53. The van der Waals surface area contributed by atoms with Crippen LogP contribution in [0.2, 0.25) is 0 Å². The minimum Gasteiger partial charge on any atom is -0.325 e. The highest BCUT2D eigenvalue weighted by Gasteiger charge is 2.15. The van der Waals surface area contributed by atoms with Gasteiger partial charge in [0.15, 0.2) is 0 Å². The number of thioether (sulfide) groups is 1. The number of nitrogens with one attached hydrogen (secondary N) is 2. The molecule has 0 radical (unpaired) electrons. The standard InChI is InChI=1S/C18H15FN2O3S3/c19-13-3-5-14(6-4-13)20-17(22)12-26-16-9-7-15(8-10-16)21-27(23,24)18-2-1-11-25-18/h1-11,21H,12H2,(H,20,22). The Morgan fingerprint density at radius 3 is 2.30 bits per heavy atom. The van der Waals surface area contributed by atoms with Crippen molar-refractivity contribution in [2.24, 2.45) is 0 Å². The summed E-state index contributed by atoms with van der Waals surface area (Å²) in [6.07, 6.45) is 0. The highest BCUT2D eigenvalue weighted by atomic mass is 32.2. The van der Waals surface area contributed by atoms with E-state index in [2.05, 4.69) is 10.0 Å². The number of carbonyl (C=O) groups excluding carboxylic acids is 1. The predicted molar refractivity (Wildman–Crippen MR) is 107 cm³/mol. The van der Waals surface area contributed by atoms with E-state index in [1.165, 1.54) is 42.1 Å². The van der Waals surface area contributed by atoms with Crippen LogP contribution >= 0.6 is 23.1 Å². The second kappa shape index (κ2) is 8.55. The molecule has 2 N–H and O–H groups in total. The Morgan fingerprint density at radius 1 is 1.00 bits per heavy atom. The van der Waals surface area contributed by atoms with E-state index in [1.807, 2.05) is 0 Å². The number of halogens is 1. The average Bonchev–Trinajstić information content (AvgIpc) is 3.19. The van der Waals surface area contributed by atoms with Crippen molar-refractivity contribution in [3.05, 3.63) is 71.9 Å². The number of rotatable bonds is 7. The van der Waals surface area contributed by atoms with E-state index in [0.717, 1.165) is 16.2 Å². The molecule has 0 aliphatic carbocycles. The van der Waals surface area contributed by atoms with E-state index in [1.54, 1.807) is 35.7 Å². The van der Waals surface area contributed by atoms with E-state index >= 15 is 0 Å². The lowest BCUT2D eigenvalue weighted by Gasteiger charge is -2.08. The van der Waals surface area contributed by atoms with Gasteiger partial charge in [0.1, 0.15) is 10.0 Å². The summed E-state index contributed by atoms with van der Waals surface area (Å²) in [4.78, 5) is 12.8. The van der Waals surface area contributed by atoms with Crippen LogP contribution in [0.25, 0.3) is 0 Å². The molecule has 3 rings (SSSR count). The number of thiophene rings is 1. The third kappa shape index (κ3) is 5.56. The van der Waals surface area contributed by atoms with Crippen LogP contribution in [0.5, 0.6) is 0 Å². The third-order valence-corrected chi connectivity index (χ3v) is 7.16. The summed E-state index contributed by atoms with van der Waals surface area (Å²) in [7, 11) is -3.58. The van der Waals surface area contributed by atoms with Crippen molar-refractivity contribution in [1.82, 2.24) is 0 Å². The van der Waals surface area contributed by atoms with Gasteiger partial charge < -0.3 is 5.32 Å². The zero-order valence-electron chi connectivity index (χ0n) is 13.9. The lowest BCUT2D eigenvalue weighted by molar-refractivity contribution is -0.113. The quantitative estimate of drug-likeness (QED) is 0.553. The lowest BCUT2D eigenvalue weighted by atomic mass is 10.3. The van der Waals surface area contributed by atoms with Crippen LogP contribution in [0.1, 0.15) is 0 Å². The van der Waals surface area contributed by atoms with E-state index in [-0.39, 0.29) is 21.7 Å². The second-order valence-electron chi connectivity index (χ2n) is 5.41. The first-order chi connectivity index (χ1) is 12.9. The zero-order valence-corrected chi connectivity index (χ0v) is 16.3. The van der Waals surface area contributed by atoms with Crippen LogP contribution in [-0.2, 0) is 14.8 Å². The maximum atomic E-state index is 12.8. The number of anilines is 2. The SMILES string of the molecule is O=C(CSc1ccc(NS(=O)(=O)c2cccs2)cc1)Nc1ccc(F)cc1. The van der Waals surface area contributed by atoms with Gasteiger partial charge in [-0.05, 0) is 60.0 Å². The highest BCUT2D eigenvalue weighted by molar-refractivity contribution is 8.00. The van der Waals surface area contributed by atoms with E-state index < -0.39 is 10.0 Å². The molecule has 0 saturated heterocycles. The van der Waals surface area contributed by atoms with Crippen molar-refractivity contribution in [2.45, 2.75) is 9.10 Å². The van der Waals surface area contributed by atoms with Crippen LogP contribution < -0.4 is 10.0 Å². The van der Waals surface area contributed by atoms with E-state index in [0.29, 0.717) is 11.4 Å². The van der Waals surface area contributed by atoms with Gasteiger partial charge in [-0.25, -0.2) is 12.8 Å². The van der Waals surface area contributed by atoms with Gasteiger partial charge in [0, 0.05) is 16.3 Å². The highest BCUT2D eigenvalue weighted by Crippen LogP contribution is 2.24. The number of amides is 1. The largest absolute Gasteiger partial charge is 0.325 e. The molecule has 2 aromatic carbocycles. The summed E-state index contributed by atoms with van der Waals surface area (Å²) in [6, 6.07) is 15.5. The van der Waals surface area contributed by atoms with Gasteiger partial charge in [-0.1, -0.05) is 6.07 Å². The van der Waals surface area contributed by atoms with Gasteiger partial charge in [-0.15, -0.1) is 23.1 Å². The summed E-state index contributed by atoms with van der Waals surface area (Å²) >= 11 is 2.46. The second-order valence-corrected chi connectivity index (χ2v) is 9.31. The van der Waals surface area contributed by atoms with Crippen LogP contribution in [0, 0.1) is 5.82 Å². The normalized spacial score (nSPS) is 11.1. The van der Waals surface area contributed by atoms with Crippen molar-refractivity contribution in [2.75, 3.05) is 15.8 Å². The molecule has 1 heterocycles. The molecule has 1 amide bonds. The Morgan fingerprint density at radius 2 is 1.67 bits per heavy atom.